The standard InChI is InChI=1S/C47H52F2N8O7/c1-8-9-18-56(43(58)38(25(2)3)54-46(60)62-6)23-37-50-34-16-12-30-20-28(10-14-32(30)40(34)52-37)29-11-15-33-31(21-29)13-17-35-41(33)53-42(51-35)36-19-27(24-64-45(48)49)22-57(36)44(59)39(26(4)5)55-47(61)63-7/h1,10-17,20-21,25-27,36,38-39,45H,9,18-19,22-24H2,2-7H3,(H,50,52)(H,51,53)(H,54,60)(H,55,61)/t27-,36-,38-,39-/m0/s1. The number of halogens is 2. The molecule has 1 aliphatic heterocycles. The molecule has 1 fully saturated rings. The fourth-order valence-corrected chi connectivity index (χ4v) is 8.44. The van der Waals surface area contributed by atoms with Gasteiger partial charge in [0.15, 0.2) is 0 Å². The van der Waals surface area contributed by atoms with E-state index in [0.29, 0.717) is 30.0 Å². The van der Waals surface area contributed by atoms with Crippen molar-refractivity contribution < 1.29 is 42.2 Å². The summed E-state index contributed by atoms with van der Waals surface area (Å²) in [6.45, 7) is 4.69. The van der Waals surface area contributed by atoms with E-state index in [4.69, 9.17) is 25.9 Å². The molecule has 0 aliphatic carbocycles. The first kappa shape index (κ1) is 45.2. The molecule has 0 radical (unpaired) electrons. The molecule has 0 spiro atoms. The molecule has 17 heteroatoms. The number of ether oxygens (including phenoxy) is 3. The van der Waals surface area contributed by atoms with Gasteiger partial charge in [-0.05, 0) is 64.4 Å². The number of terminal acetylenes is 1. The number of fused-ring (bicyclic) bond motifs is 6. The molecule has 2 aromatic heterocycles. The molecular weight excluding hydrogens is 827 g/mol. The summed E-state index contributed by atoms with van der Waals surface area (Å²) in [5.41, 5.74) is 4.96. The summed E-state index contributed by atoms with van der Waals surface area (Å²) >= 11 is 0. The lowest BCUT2D eigenvalue weighted by molar-refractivity contribution is -0.139. The largest absolute Gasteiger partial charge is 0.453 e. The average Bonchev–Trinajstić information content (AvgIpc) is 4.04. The van der Waals surface area contributed by atoms with Crippen molar-refractivity contribution in [3.05, 3.63) is 72.3 Å². The summed E-state index contributed by atoms with van der Waals surface area (Å²) in [6.07, 6.45) is 4.78. The van der Waals surface area contributed by atoms with E-state index in [9.17, 15) is 28.0 Å². The maximum atomic E-state index is 14.0. The van der Waals surface area contributed by atoms with Crippen LogP contribution in [0.5, 0.6) is 0 Å². The van der Waals surface area contributed by atoms with Gasteiger partial charge in [-0.2, -0.15) is 8.78 Å². The smallest absolute Gasteiger partial charge is 0.407 e. The Balaban J connectivity index is 1.15. The lowest BCUT2D eigenvalue weighted by atomic mass is 9.98. The van der Waals surface area contributed by atoms with Crippen molar-refractivity contribution in [1.29, 1.82) is 0 Å². The molecular formula is C47H52F2N8O7. The van der Waals surface area contributed by atoms with Crippen molar-refractivity contribution in [2.45, 2.75) is 71.8 Å². The highest BCUT2D eigenvalue weighted by molar-refractivity contribution is 6.07. The molecule has 4 amide bonds. The van der Waals surface area contributed by atoms with Gasteiger partial charge in [0.05, 0.1) is 55.5 Å². The summed E-state index contributed by atoms with van der Waals surface area (Å²) in [5, 5.41) is 8.98. The number of alkyl halides is 2. The fraction of sp³-hybridized carbons (Fsp3) is 0.404. The number of aromatic nitrogens is 4. The van der Waals surface area contributed by atoms with Crippen LogP contribution in [-0.4, -0.2) is 106 Å². The molecule has 4 N–H and O–H groups in total. The minimum absolute atomic E-state index is 0.144. The number of rotatable bonds is 15. The molecule has 1 saturated heterocycles. The summed E-state index contributed by atoms with van der Waals surface area (Å²) < 4.78 is 40.3. The topological polar surface area (TPSA) is 184 Å². The molecule has 64 heavy (non-hydrogen) atoms. The van der Waals surface area contributed by atoms with Crippen LogP contribution in [-0.2, 0) is 30.3 Å². The van der Waals surface area contributed by atoms with Gasteiger partial charge in [-0.3, -0.25) is 9.59 Å². The number of nitrogens with one attached hydrogen (secondary N) is 4. The Bertz CT molecular complexity index is 2740. The van der Waals surface area contributed by atoms with Crippen molar-refractivity contribution in [2.24, 2.45) is 17.8 Å². The molecule has 0 saturated carbocycles. The van der Waals surface area contributed by atoms with Gasteiger partial charge < -0.3 is 44.6 Å². The van der Waals surface area contributed by atoms with Gasteiger partial charge in [-0.15, -0.1) is 12.3 Å². The molecule has 15 nitrogen and oxygen atoms in total. The first-order valence-electron chi connectivity index (χ1n) is 21.1. The molecule has 4 atom stereocenters. The number of H-pyrrole nitrogens is 2. The number of imidazole rings is 2. The van der Waals surface area contributed by atoms with Crippen LogP contribution >= 0.6 is 0 Å². The van der Waals surface area contributed by atoms with Crippen LogP contribution in [0.2, 0.25) is 0 Å². The molecule has 0 bridgehead atoms. The number of aromatic amines is 2. The van der Waals surface area contributed by atoms with E-state index in [-0.39, 0.29) is 55.8 Å². The molecule has 336 valence electrons. The number of carbonyl (C=O) groups excluding carboxylic acids is 4. The Hall–Kier alpha value is -6.80. The molecule has 6 aromatic rings. The number of likely N-dealkylation sites (tertiary alicyclic amines) is 1. The minimum atomic E-state index is -2.94. The zero-order valence-electron chi connectivity index (χ0n) is 36.5. The number of hydrogen-bond donors (Lipinski definition) is 4. The number of amides is 4. The Morgan fingerprint density at radius 1 is 0.844 bits per heavy atom. The lowest BCUT2D eigenvalue weighted by Crippen LogP contribution is -2.51. The van der Waals surface area contributed by atoms with Gasteiger partial charge in [-0.25, -0.2) is 19.6 Å². The first-order valence-corrected chi connectivity index (χ1v) is 21.1. The van der Waals surface area contributed by atoms with Gasteiger partial charge >= 0.3 is 18.8 Å². The molecule has 4 aromatic carbocycles. The molecule has 1 aliphatic rings. The number of carbonyl (C=O) groups is 4. The highest BCUT2D eigenvalue weighted by Gasteiger charge is 2.42. The number of benzene rings is 4. The van der Waals surface area contributed by atoms with E-state index in [1.165, 1.54) is 14.2 Å². The van der Waals surface area contributed by atoms with Gasteiger partial charge in [0, 0.05) is 36.2 Å². The van der Waals surface area contributed by atoms with Crippen LogP contribution in [0.25, 0.3) is 54.7 Å². The predicted octanol–water partition coefficient (Wildman–Crippen LogP) is 7.65. The fourth-order valence-electron chi connectivity index (χ4n) is 8.44. The van der Waals surface area contributed by atoms with Crippen molar-refractivity contribution in [3.63, 3.8) is 0 Å². The summed E-state index contributed by atoms with van der Waals surface area (Å²) in [7, 11) is 2.47. The maximum absolute atomic E-state index is 14.0. The van der Waals surface area contributed by atoms with Crippen molar-refractivity contribution >= 4 is 67.6 Å². The number of methoxy groups -OCH3 is 2. The van der Waals surface area contributed by atoms with Crippen molar-refractivity contribution in [3.8, 4) is 23.5 Å². The third-order valence-corrected chi connectivity index (χ3v) is 11.7. The van der Waals surface area contributed by atoms with E-state index >= 15 is 0 Å². The van der Waals surface area contributed by atoms with Crippen LogP contribution in [0.3, 0.4) is 0 Å². The Morgan fingerprint density at radius 3 is 1.98 bits per heavy atom. The monoisotopic (exact) mass is 878 g/mol. The normalized spacial score (nSPS) is 16.2. The second-order valence-corrected chi connectivity index (χ2v) is 16.7. The Labute approximate surface area is 368 Å². The van der Waals surface area contributed by atoms with Gasteiger partial charge in [0.2, 0.25) is 11.8 Å². The van der Waals surface area contributed by atoms with E-state index in [1.54, 1.807) is 23.6 Å². The molecule has 3 heterocycles. The summed E-state index contributed by atoms with van der Waals surface area (Å²) in [4.78, 5) is 71.8. The SMILES string of the molecule is C#CCCN(Cc1nc2c(ccc3cc(-c4ccc5c(ccc6[nH]c([C@@H]7C[C@H](COC(F)F)CN7C(=O)[C@@H](NC(=O)OC)C(C)C)nc65)c4)ccc32)[nH]1)C(=O)[C@@H](NC(=O)OC)C(C)C. The van der Waals surface area contributed by atoms with Crippen LogP contribution in [0.1, 0.15) is 58.2 Å². The maximum Gasteiger partial charge on any atom is 0.407 e. The van der Waals surface area contributed by atoms with Gasteiger partial charge in [0.1, 0.15) is 23.7 Å². The predicted molar refractivity (Wildman–Crippen MR) is 238 cm³/mol. The number of hydrogen-bond acceptors (Lipinski definition) is 9. The second kappa shape index (κ2) is 19.3. The van der Waals surface area contributed by atoms with Crippen LogP contribution < -0.4 is 10.6 Å². The highest BCUT2D eigenvalue weighted by Crippen LogP contribution is 2.38. The summed E-state index contributed by atoms with van der Waals surface area (Å²) in [6, 6.07) is 17.9. The summed E-state index contributed by atoms with van der Waals surface area (Å²) in [5.74, 6) is 2.13. The minimum Gasteiger partial charge on any atom is -0.453 e. The van der Waals surface area contributed by atoms with E-state index in [2.05, 4.69) is 43.4 Å². The van der Waals surface area contributed by atoms with Gasteiger partial charge in [0.25, 0.3) is 0 Å². The van der Waals surface area contributed by atoms with Crippen LogP contribution in [0, 0.1) is 30.1 Å². The Kier molecular flexibility index (Phi) is 13.6. The first-order chi connectivity index (χ1) is 30.7. The molecule has 7 rings (SSSR count). The second-order valence-electron chi connectivity index (χ2n) is 16.7. The van der Waals surface area contributed by atoms with E-state index < -0.39 is 36.9 Å². The Morgan fingerprint density at radius 2 is 1.42 bits per heavy atom. The zero-order chi connectivity index (χ0) is 45.8. The lowest BCUT2D eigenvalue weighted by Gasteiger charge is -2.30. The van der Waals surface area contributed by atoms with E-state index in [1.807, 2.05) is 62.4 Å². The third-order valence-electron chi connectivity index (χ3n) is 11.7. The van der Waals surface area contributed by atoms with Crippen molar-refractivity contribution in [1.82, 2.24) is 40.4 Å². The zero-order valence-corrected chi connectivity index (χ0v) is 36.5. The number of nitrogens with zero attached hydrogens (tertiary/aromatic N) is 4. The highest BCUT2D eigenvalue weighted by atomic mass is 19.3. The van der Waals surface area contributed by atoms with E-state index in [0.717, 1.165) is 49.2 Å². The third kappa shape index (κ3) is 9.57. The quantitative estimate of drug-likeness (QED) is 0.0753. The average molecular weight is 879 g/mol. The number of alkyl carbamates (subject to hydrolysis) is 2. The van der Waals surface area contributed by atoms with Gasteiger partial charge in [-0.1, -0.05) is 64.1 Å². The van der Waals surface area contributed by atoms with Crippen LogP contribution in [0.4, 0.5) is 18.4 Å². The van der Waals surface area contributed by atoms with Crippen LogP contribution in [0.15, 0.2) is 60.7 Å². The van der Waals surface area contributed by atoms with Crippen molar-refractivity contribution in [2.75, 3.05) is 33.9 Å². The molecule has 0 unspecified atom stereocenters.